The van der Waals surface area contributed by atoms with Crippen LogP contribution in [0.15, 0.2) is 0 Å². The fourth-order valence-corrected chi connectivity index (χ4v) is 16.8. The summed E-state index contributed by atoms with van der Waals surface area (Å²) in [5.41, 5.74) is 23.9. The molecule has 0 aromatic rings. The van der Waals surface area contributed by atoms with E-state index in [9.17, 15) is 181 Å². The van der Waals surface area contributed by atoms with E-state index in [1.54, 1.807) is 0 Å². The summed E-state index contributed by atoms with van der Waals surface area (Å²) in [6.07, 6.45) is -111. The minimum Gasteiger partial charge on any atom is -0.479 e. The van der Waals surface area contributed by atoms with Crippen molar-refractivity contribution in [3.63, 3.8) is 0 Å². The standard InChI is InChI=1S/C61H106N4O56P2/c62-1-2-104-122(98,99)121-123(100,101)120-15-3-61(97,60(95)96)119-41(13(73)6-68)44(15)113-58-37(90)45(114-59-48(117-57-35(88)27(80)30(83)47(116-57)51(93)94)32(85)31(84)39(109-59)14(74)9-102-52-19(63)23(76)22(75)16(7-69)105-52)49(40(110-58)12(72)5-67)118-55-36(89)33(86)43(18(107-55)10-103-53-20(64)24(77)28(81)46(115-53)50(91)92)111-54-21(65)25(78)42(17(8-70)106-54)112-56-34(87)26(79)29(82)38(108-56)11(71)4-66/h11-49,52-59,66-90,97H,1-10,62-65H2,(H,91,92)(H,93,94)(H,95,96)(H,98,99)(H,100,101)/t11-,12-,13+,14-,15+,16+,17+,18+,19+,20+,21+,22+,23+,24+,25+,26-,27-,28+,29-,30-,31-,32-,33+,34-,35+,36+,37-,38+,39+,40+,41+,42+,43+,44+,45+,46-,47-,48-,49+,52-,53-,54+,55-,56+,57+,58+,59+,61+/m0/s1. The molecule has 0 aromatic carbocycles. The third-order valence-electron chi connectivity index (χ3n) is 21.3. The van der Waals surface area contributed by atoms with Gasteiger partial charge in [-0.3, -0.25) is 9.05 Å². The van der Waals surface area contributed by atoms with Crippen molar-refractivity contribution in [2.75, 3.05) is 59.4 Å². The molecule has 9 rings (SSSR count). The molecule has 50 atom stereocenters. The predicted molar refractivity (Wildman–Crippen MR) is 368 cm³/mol. The molecule has 9 fully saturated rings. The lowest BCUT2D eigenvalue weighted by atomic mass is 9.91. The van der Waals surface area contributed by atoms with Gasteiger partial charge >= 0.3 is 33.6 Å². The highest BCUT2D eigenvalue weighted by molar-refractivity contribution is 7.61. The minimum absolute atomic E-state index is 0.564. The van der Waals surface area contributed by atoms with Gasteiger partial charge < -0.3 is 261 Å². The first-order valence-corrected chi connectivity index (χ1v) is 40.4. The number of carbonyl (C=O) groups is 3. The normalized spacial score (nSPS) is 47.9. The number of hydrogen-bond acceptors (Lipinski definition) is 55. The molecule has 62 heteroatoms. The predicted octanol–water partition coefficient (Wildman–Crippen LogP) is -22.4. The molecule has 0 saturated carbocycles. The van der Waals surface area contributed by atoms with E-state index in [0.717, 1.165) is 0 Å². The van der Waals surface area contributed by atoms with Crippen LogP contribution in [0.1, 0.15) is 6.42 Å². The lowest BCUT2D eigenvalue weighted by molar-refractivity contribution is -0.416. The molecule has 2 unspecified atom stereocenters. The fourth-order valence-electron chi connectivity index (χ4n) is 14.5. The van der Waals surface area contributed by atoms with Gasteiger partial charge in [-0.2, -0.15) is 4.31 Å². The second-order valence-electron chi connectivity index (χ2n) is 29.8. The van der Waals surface area contributed by atoms with Crippen molar-refractivity contribution in [1.29, 1.82) is 0 Å². The molecule has 0 aromatic heterocycles. The fraction of sp³-hybridized carbons (Fsp3) is 0.951. The van der Waals surface area contributed by atoms with E-state index in [2.05, 4.69) is 8.83 Å². The molecule has 0 aliphatic carbocycles. The topological polar surface area (TPSA) is 1000 Å². The molecule has 9 aliphatic heterocycles. The van der Waals surface area contributed by atoms with E-state index >= 15 is 0 Å². The van der Waals surface area contributed by atoms with Gasteiger partial charge in [0.05, 0.1) is 71.0 Å². The molecule has 0 amide bonds. The van der Waals surface area contributed by atoms with E-state index in [-0.39, 0.29) is 0 Å². The third kappa shape index (κ3) is 23.1. The van der Waals surface area contributed by atoms with Crippen LogP contribution in [0.3, 0.4) is 0 Å². The van der Waals surface area contributed by atoms with Crippen molar-refractivity contribution < 1.29 is 275 Å². The van der Waals surface area contributed by atoms with E-state index in [0.29, 0.717) is 0 Å². The first kappa shape index (κ1) is 104. The number of aliphatic hydroxyl groups excluding tert-OH is 25. The van der Waals surface area contributed by atoms with Gasteiger partial charge in [0.15, 0.2) is 62.5 Å². The first-order valence-electron chi connectivity index (χ1n) is 37.4. The van der Waals surface area contributed by atoms with Gasteiger partial charge in [0.2, 0.25) is 0 Å². The van der Waals surface area contributed by atoms with Crippen molar-refractivity contribution in [1.82, 2.24) is 0 Å². The van der Waals surface area contributed by atoms with Crippen LogP contribution in [0.4, 0.5) is 0 Å². The van der Waals surface area contributed by atoms with Crippen LogP contribution in [0.25, 0.3) is 0 Å². The Hall–Kier alpha value is -3.21. The Morgan fingerprint density at radius 3 is 1.39 bits per heavy atom. The van der Waals surface area contributed by atoms with Crippen LogP contribution in [-0.4, -0.2) is 529 Å². The van der Waals surface area contributed by atoms with Crippen LogP contribution in [0.5, 0.6) is 0 Å². The molecular weight excluding hydrogens is 1750 g/mol. The monoisotopic (exact) mass is 1850 g/mol. The van der Waals surface area contributed by atoms with Gasteiger partial charge in [0.1, 0.15) is 208 Å². The molecule has 9 saturated heterocycles. The molecule has 9 heterocycles. The molecule has 0 spiro atoms. The number of carboxylic acids is 3. The summed E-state index contributed by atoms with van der Waals surface area (Å²) < 4.78 is 139. The van der Waals surface area contributed by atoms with Gasteiger partial charge in [-0.25, -0.2) is 23.5 Å². The Morgan fingerprint density at radius 1 is 0.398 bits per heavy atom. The van der Waals surface area contributed by atoms with Crippen LogP contribution < -0.4 is 22.9 Å². The van der Waals surface area contributed by atoms with Gasteiger partial charge in [-0.1, -0.05) is 0 Å². The van der Waals surface area contributed by atoms with E-state index in [1.807, 2.05) is 0 Å². The highest BCUT2D eigenvalue weighted by Gasteiger charge is 2.64. The van der Waals surface area contributed by atoms with Gasteiger partial charge in [-0.05, 0) is 0 Å². The molecular formula is C61H106N4O56P2. The molecule has 60 nitrogen and oxygen atoms in total. The quantitative estimate of drug-likeness (QED) is 0.0257. The van der Waals surface area contributed by atoms with Crippen LogP contribution in [0.2, 0.25) is 0 Å². The van der Waals surface area contributed by atoms with E-state index in [1.165, 1.54) is 0 Å². The molecule has 9 aliphatic rings. The van der Waals surface area contributed by atoms with Crippen LogP contribution >= 0.6 is 15.6 Å². The average molecular weight is 1850 g/mol. The molecule has 123 heavy (non-hydrogen) atoms. The zero-order valence-electron chi connectivity index (χ0n) is 63.5. The lowest BCUT2D eigenvalue weighted by Gasteiger charge is -2.52. The second-order valence-corrected chi connectivity index (χ2v) is 32.8. The Morgan fingerprint density at radius 2 is 0.813 bits per heavy atom. The maximum Gasteiger partial charge on any atom is 0.481 e. The zero-order chi connectivity index (χ0) is 91.6. The molecule has 0 radical (unpaired) electrons. The minimum atomic E-state index is -6.40. The second kappa shape index (κ2) is 43.4. The summed E-state index contributed by atoms with van der Waals surface area (Å²) in [6, 6.07) is -5.79. The number of phosphoric acid groups is 2. The number of phosphoric ester groups is 2. The largest absolute Gasteiger partial charge is 0.481 e. The van der Waals surface area contributed by atoms with Crippen molar-refractivity contribution in [3.8, 4) is 0 Å². The number of carboxylic acid groups (broad SMARTS) is 3. The van der Waals surface area contributed by atoms with Crippen molar-refractivity contribution in [2.45, 2.75) is 300 Å². The Kier molecular flexibility index (Phi) is 36.6. The summed E-state index contributed by atoms with van der Waals surface area (Å²) >= 11 is 0. The number of nitrogens with two attached hydrogens (primary N) is 4. The highest BCUT2D eigenvalue weighted by atomic mass is 31.3. The zero-order valence-corrected chi connectivity index (χ0v) is 65.3. The number of rotatable bonds is 37. The Bertz CT molecular complexity index is 3460. The molecule has 716 valence electrons. The molecule has 39 N–H and O–H groups in total. The number of ether oxygens (including phenoxy) is 17. The third-order valence-corrected chi connectivity index (χ3v) is 24.0. The number of aliphatic hydroxyl groups is 26. The highest BCUT2D eigenvalue weighted by Crippen LogP contribution is 2.62. The van der Waals surface area contributed by atoms with E-state index in [4.69, 9.17) is 108 Å². The maximum atomic E-state index is 13.8. The first-order chi connectivity index (χ1) is 57.6. The lowest BCUT2D eigenvalue weighted by Crippen LogP contribution is -2.71. The maximum absolute atomic E-state index is 13.8. The SMILES string of the molecule is NCCOP(=O)(O)OP(=O)(O)O[C@@H]1C[C@](O)(C(=O)O)O[C@H]([C@H](O)CO)[C@@H]1O[C@H]1O[C@H]([C@@H](O)CO)[C@@H](O[C@@H]2O[C@H](CO[C@H]3O[C@H](C(=O)O)[C@H](O)[C@H](O)[C@H]3N)[C@@H](O[C@H]3O[C@H](CO)[C@@H](O[C@H]4O[C@H]([C@@H](O)CO)[C@@H](O)[C@H](O)[C@@H]4O)[C@H](O)[C@H]3N)[C@H](O)[C@H]2O)[C@H](O[C@H]2O[C@H]([C@@H](O)CO[C@H]3O[C@H](CO)[C@@H](O)[C@H](O)[C@H]3N)[C@@H](O)[C@H](O)[C@@H]2O[C@H]2O[C@H](C(=O)O)[C@@H](O)[C@H](O)[C@H]2O)[C@@H]1O. The van der Waals surface area contributed by atoms with Gasteiger partial charge in [0.25, 0.3) is 5.79 Å². The summed E-state index contributed by atoms with van der Waals surface area (Å²) in [6.45, 7) is -10.7. The van der Waals surface area contributed by atoms with Gasteiger partial charge in [-0.15, -0.1) is 0 Å². The van der Waals surface area contributed by atoms with Crippen molar-refractivity contribution >= 4 is 33.6 Å². The summed E-state index contributed by atoms with van der Waals surface area (Å²) in [7, 11) is -12.2. The van der Waals surface area contributed by atoms with Crippen molar-refractivity contribution in [2.24, 2.45) is 22.9 Å². The summed E-state index contributed by atoms with van der Waals surface area (Å²) in [5, 5.41) is 321. The average Bonchev–Trinajstić information content (AvgIpc) is 0.752. The summed E-state index contributed by atoms with van der Waals surface area (Å²) in [4.78, 5) is 58.9. The Labute approximate surface area is 689 Å². The number of aliphatic carboxylic acids is 3. The molecule has 0 bridgehead atoms. The Balaban J connectivity index is 1.16. The van der Waals surface area contributed by atoms with Crippen molar-refractivity contribution in [3.05, 3.63) is 0 Å². The summed E-state index contributed by atoms with van der Waals surface area (Å²) in [5.74, 6) is -10.3. The number of hydrogen-bond donors (Lipinski definition) is 35. The van der Waals surface area contributed by atoms with Gasteiger partial charge in [0, 0.05) is 13.0 Å². The van der Waals surface area contributed by atoms with E-state index < -0.39 is 393 Å². The van der Waals surface area contributed by atoms with Crippen LogP contribution in [-0.2, 0) is 117 Å². The van der Waals surface area contributed by atoms with Crippen LogP contribution in [0, 0.1) is 0 Å². The smallest absolute Gasteiger partial charge is 0.479 e.